The molecular formula is C18H24N3O2+. The molecule has 1 heterocycles. The van der Waals surface area contributed by atoms with Crippen LogP contribution in [0.15, 0.2) is 35.5 Å². The van der Waals surface area contributed by atoms with E-state index in [0.717, 1.165) is 12.1 Å². The van der Waals surface area contributed by atoms with E-state index < -0.39 is 0 Å². The molecule has 0 amide bonds. The van der Waals surface area contributed by atoms with Gasteiger partial charge in [-0.3, -0.25) is 9.98 Å². The van der Waals surface area contributed by atoms with Crippen molar-refractivity contribution in [2.24, 2.45) is 4.99 Å². The van der Waals surface area contributed by atoms with Gasteiger partial charge in [0.05, 0.1) is 32.9 Å². The lowest BCUT2D eigenvalue weighted by Gasteiger charge is -2.08. The molecule has 0 bridgehead atoms. The number of aryl methyl sites for hydroxylation is 1. The molecule has 1 aromatic heterocycles. The average Bonchev–Trinajstić information content (AvgIpc) is 2.53. The summed E-state index contributed by atoms with van der Waals surface area (Å²) in [4.78, 5) is 9.80. The first-order valence-corrected chi connectivity index (χ1v) is 7.66. The second-order valence-electron chi connectivity index (χ2n) is 5.96. The summed E-state index contributed by atoms with van der Waals surface area (Å²) in [5.74, 6) is 0.0737. The molecule has 0 saturated heterocycles. The summed E-state index contributed by atoms with van der Waals surface area (Å²) in [6.07, 6.45) is 3.17. The van der Waals surface area contributed by atoms with Gasteiger partial charge in [0.1, 0.15) is 12.3 Å². The third-order valence-corrected chi connectivity index (χ3v) is 3.60. The smallest absolute Gasteiger partial charge is 0.145 e. The Balaban J connectivity index is 2.09. The number of rotatable bonds is 6. The van der Waals surface area contributed by atoms with E-state index in [0.29, 0.717) is 23.4 Å². The zero-order chi connectivity index (χ0) is 16.8. The second kappa shape index (κ2) is 7.85. The van der Waals surface area contributed by atoms with Gasteiger partial charge in [-0.2, -0.15) is 0 Å². The molecular weight excluding hydrogens is 290 g/mol. The first-order chi connectivity index (χ1) is 11.0. The molecule has 1 aromatic carbocycles. The highest BCUT2D eigenvalue weighted by atomic mass is 16.3. The molecule has 0 radical (unpaired) electrons. The predicted molar refractivity (Wildman–Crippen MR) is 90.8 cm³/mol. The highest BCUT2D eigenvalue weighted by Crippen LogP contribution is 2.22. The molecule has 2 aromatic rings. The fourth-order valence-corrected chi connectivity index (χ4v) is 2.34. The van der Waals surface area contributed by atoms with Crippen molar-refractivity contribution in [3.05, 3.63) is 58.4 Å². The van der Waals surface area contributed by atoms with Gasteiger partial charge >= 0.3 is 0 Å². The van der Waals surface area contributed by atoms with Gasteiger partial charge in [0.25, 0.3) is 0 Å². The maximum Gasteiger partial charge on any atom is 0.145 e. The summed E-state index contributed by atoms with van der Waals surface area (Å²) in [7, 11) is 4.25. The van der Waals surface area contributed by atoms with Gasteiger partial charge in [-0.05, 0) is 12.5 Å². The monoisotopic (exact) mass is 314 g/mol. The van der Waals surface area contributed by atoms with Crippen molar-refractivity contribution >= 4 is 6.21 Å². The molecule has 23 heavy (non-hydrogen) atoms. The Morgan fingerprint density at radius 1 is 1.17 bits per heavy atom. The van der Waals surface area contributed by atoms with Gasteiger partial charge in [0.2, 0.25) is 0 Å². The minimum atomic E-state index is -0.177. The third-order valence-electron chi connectivity index (χ3n) is 3.60. The molecule has 0 unspecified atom stereocenters. The van der Waals surface area contributed by atoms with Crippen LogP contribution in [0.3, 0.4) is 0 Å². The summed E-state index contributed by atoms with van der Waals surface area (Å²) in [5.41, 5.74) is 4.03. The fourth-order valence-electron chi connectivity index (χ4n) is 2.34. The predicted octanol–water partition coefficient (Wildman–Crippen LogP) is 0.852. The van der Waals surface area contributed by atoms with E-state index in [1.165, 1.54) is 10.5 Å². The largest absolute Gasteiger partial charge is 0.505 e. The number of aliphatic imine (C=N–C) groups is 1. The van der Waals surface area contributed by atoms with Crippen molar-refractivity contribution < 1.29 is 15.1 Å². The van der Waals surface area contributed by atoms with E-state index in [4.69, 9.17) is 0 Å². The van der Waals surface area contributed by atoms with Crippen LogP contribution >= 0.6 is 0 Å². The zero-order valence-corrected chi connectivity index (χ0v) is 13.9. The number of benzene rings is 1. The Bertz CT molecular complexity index is 679. The molecule has 0 fully saturated rings. The number of aliphatic hydroxyl groups is 1. The van der Waals surface area contributed by atoms with E-state index in [1.807, 2.05) is 0 Å². The number of hydrogen-bond donors (Lipinski definition) is 3. The van der Waals surface area contributed by atoms with Crippen molar-refractivity contribution in [1.82, 2.24) is 4.98 Å². The summed E-state index contributed by atoms with van der Waals surface area (Å²) in [6, 6.07) is 8.37. The van der Waals surface area contributed by atoms with Crippen molar-refractivity contribution in [3.8, 4) is 5.75 Å². The molecule has 5 nitrogen and oxygen atoms in total. The molecule has 0 atom stereocenters. The SMILES string of the molecule is Cc1ncc(CO)c(C=NCc2ccc(C[NH+](C)C)cc2)c1O. The lowest BCUT2D eigenvalue weighted by atomic mass is 10.1. The van der Waals surface area contributed by atoms with Crippen LogP contribution in [0.1, 0.15) is 27.9 Å². The first kappa shape index (κ1) is 17.1. The van der Waals surface area contributed by atoms with Crippen LogP contribution in [0.5, 0.6) is 5.75 Å². The minimum absolute atomic E-state index is 0.0737. The standard InChI is InChI=1S/C18H23N3O2/c1-13-18(23)17(16(12-22)9-20-13)10-19-8-14-4-6-15(7-5-14)11-21(2)3/h4-7,9-10,22-23H,8,11-12H2,1-3H3/p+1. The normalized spacial score (nSPS) is 11.5. The number of nitrogens with zero attached hydrogens (tertiary/aromatic N) is 2. The van der Waals surface area contributed by atoms with Gasteiger partial charge in [0.15, 0.2) is 0 Å². The summed E-state index contributed by atoms with van der Waals surface area (Å²) in [6.45, 7) is 3.07. The van der Waals surface area contributed by atoms with Crippen LogP contribution in [0, 0.1) is 6.92 Å². The Morgan fingerprint density at radius 2 is 1.83 bits per heavy atom. The van der Waals surface area contributed by atoms with Gasteiger partial charge in [-0.25, -0.2) is 0 Å². The second-order valence-corrected chi connectivity index (χ2v) is 5.96. The molecule has 0 aliphatic heterocycles. The lowest BCUT2D eigenvalue weighted by molar-refractivity contribution is -0.872. The number of quaternary nitrogens is 1. The number of aliphatic hydroxyl groups excluding tert-OH is 1. The van der Waals surface area contributed by atoms with E-state index >= 15 is 0 Å². The number of pyridine rings is 1. The van der Waals surface area contributed by atoms with Crippen LogP contribution in [0.25, 0.3) is 0 Å². The molecule has 0 aliphatic carbocycles. The average molecular weight is 314 g/mol. The van der Waals surface area contributed by atoms with E-state index in [-0.39, 0.29) is 12.4 Å². The van der Waals surface area contributed by atoms with Gasteiger partial charge in [-0.1, -0.05) is 24.3 Å². The Kier molecular flexibility index (Phi) is 5.84. The number of aromatic hydroxyl groups is 1. The quantitative estimate of drug-likeness (QED) is 0.692. The van der Waals surface area contributed by atoms with Gasteiger partial charge in [0, 0.05) is 29.1 Å². The molecule has 0 saturated carbocycles. The maximum atomic E-state index is 10.1. The Morgan fingerprint density at radius 3 is 2.43 bits per heavy atom. The van der Waals surface area contributed by atoms with Crippen LogP contribution in [-0.4, -0.2) is 35.5 Å². The molecule has 2 rings (SSSR count). The zero-order valence-electron chi connectivity index (χ0n) is 13.9. The molecule has 5 heteroatoms. The number of nitrogens with one attached hydrogen (secondary N) is 1. The summed E-state index contributed by atoms with van der Waals surface area (Å²) >= 11 is 0. The first-order valence-electron chi connectivity index (χ1n) is 7.66. The van der Waals surface area contributed by atoms with Crippen LogP contribution < -0.4 is 4.90 Å². The van der Waals surface area contributed by atoms with Crippen molar-refractivity contribution in [2.75, 3.05) is 14.1 Å². The van der Waals surface area contributed by atoms with Gasteiger partial charge < -0.3 is 15.1 Å². The number of hydrogen-bond acceptors (Lipinski definition) is 4. The minimum Gasteiger partial charge on any atom is -0.505 e. The lowest BCUT2D eigenvalue weighted by Crippen LogP contribution is -3.04. The highest BCUT2D eigenvalue weighted by molar-refractivity contribution is 5.85. The van der Waals surface area contributed by atoms with Crippen LogP contribution in [0.2, 0.25) is 0 Å². The van der Waals surface area contributed by atoms with Crippen LogP contribution in [-0.2, 0) is 19.7 Å². The molecule has 0 aliphatic rings. The van der Waals surface area contributed by atoms with Crippen molar-refractivity contribution in [2.45, 2.75) is 26.6 Å². The Labute approximate surface area is 137 Å². The summed E-state index contributed by atoms with van der Waals surface area (Å²) < 4.78 is 0. The summed E-state index contributed by atoms with van der Waals surface area (Å²) in [5, 5.41) is 19.4. The van der Waals surface area contributed by atoms with Crippen molar-refractivity contribution in [3.63, 3.8) is 0 Å². The molecule has 122 valence electrons. The third kappa shape index (κ3) is 4.61. The van der Waals surface area contributed by atoms with E-state index in [1.54, 1.807) is 19.3 Å². The van der Waals surface area contributed by atoms with E-state index in [9.17, 15) is 10.2 Å². The van der Waals surface area contributed by atoms with Gasteiger partial charge in [-0.15, -0.1) is 0 Å². The Hall–Kier alpha value is -2.24. The number of aromatic nitrogens is 1. The molecule has 0 spiro atoms. The molecule has 3 N–H and O–H groups in total. The fraction of sp³-hybridized carbons (Fsp3) is 0.333. The van der Waals surface area contributed by atoms with Crippen molar-refractivity contribution in [1.29, 1.82) is 0 Å². The van der Waals surface area contributed by atoms with Crippen LogP contribution in [0.4, 0.5) is 0 Å². The topological polar surface area (TPSA) is 70.2 Å². The van der Waals surface area contributed by atoms with E-state index in [2.05, 4.69) is 48.3 Å². The maximum absolute atomic E-state index is 10.1. The highest BCUT2D eigenvalue weighted by Gasteiger charge is 2.09.